The lowest BCUT2D eigenvalue weighted by Gasteiger charge is -2.18. The molecule has 1 amide bonds. The quantitative estimate of drug-likeness (QED) is 0.897. The molecular formula is C15H15NO2. The minimum absolute atomic E-state index is 0.0439. The Morgan fingerprint density at radius 2 is 1.94 bits per heavy atom. The first-order valence-electron chi connectivity index (χ1n) is 6.20. The van der Waals surface area contributed by atoms with Crippen LogP contribution in [0.3, 0.4) is 0 Å². The van der Waals surface area contributed by atoms with E-state index >= 15 is 0 Å². The zero-order chi connectivity index (χ0) is 12.7. The molecule has 0 saturated carbocycles. The average molecular weight is 241 g/mol. The summed E-state index contributed by atoms with van der Waals surface area (Å²) in [6.45, 7) is 2.30. The van der Waals surface area contributed by atoms with Gasteiger partial charge in [0.25, 0.3) is 5.91 Å². The minimum atomic E-state index is -0.388. The maximum Gasteiger partial charge on any atom is 0.258 e. The van der Waals surface area contributed by atoms with Crippen LogP contribution in [0.25, 0.3) is 10.8 Å². The molecule has 0 radical (unpaired) electrons. The van der Waals surface area contributed by atoms with Crippen molar-refractivity contribution in [2.45, 2.75) is 19.4 Å². The van der Waals surface area contributed by atoms with Gasteiger partial charge in [0.1, 0.15) is 0 Å². The van der Waals surface area contributed by atoms with Crippen molar-refractivity contribution < 1.29 is 9.90 Å². The fourth-order valence-electron chi connectivity index (χ4n) is 2.52. The highest BCUT2D eigenvalue weighted by molar-refractivity contribution is 6.24. The number of anilines is 1. The molecule has 1 atom stereocenters. The second-order valence-electron chi connectivity index (χ2n) is 4.78. The molecule has 1 unspecified atom stereocenters. The van der Waals surface area contributed by atoms with Crippen molar-refractivity contribution in [3.8, 4) is 0 Å². The third kappa shape index (κ3) is 1.59. The Kier molecular flexibility index (Phi) is 2.56. The van der Waals surface area contributed by atoms with Crippen LogP contribution < -0.4 is 4.90 Å². The number of aliphatic hydroxyl groups excluding tert-OH is 1. The van der Waals surface area contributed by atoms with Gasteiger partial charge in [-0.1, -0.05) is 24.3 Å². The summed E-state index contributed by atoms with van der Waals surface area (Å²) in [5.74, 6) is 0.0439. The normalized spacial score (nSPS) is 15.4. The van der Waals surface area contributed by atoms with Crippen LogP contribution in [0.4, 0.5) is 5.69 Å². The molecule has 0 fully saturated rings. The van der Waals surface area contributed by atoms with Gasteiger partial charge in [0, 0.05) is 17.5 Å². The summed E-state index contributed by atoms with van der Waals surface area (Å²) in [5, 5.41) is 11.5. The number of hydrogen-bond acceptors (Lipinski definition) is 2. The Bertz CT molecular complexity index is 614. The molecule has 0 aromatic heterocycles. The molecule has 1 aliphatic rings. The van der Waals surface area contributed by atoms with Crippen molar-refractivity contribution in [2.75, 3.05) is 11.4 Å². The van der Waals surface area contributed by atoms with E-state index in [4.69, 9.17) is 0 Å². The standard InChI is InChI=1S/C15H15NO2/c1-10(17)8-9-16-13-7-3-5-11-4-2-6-12(14(11)13)15(16)18/h2-7,10,17H,8-9H2,1H3. The Morgan fingerprint density at radius 3 is 2.67 bits per heavy atom. The first kappa shape index (κ1) is 11.2. The molecule has 3 rings (SSSR count). The molecule has 1 N–H and O–H groups in total. The van der Waals surface area contributed by atoms with E-state index in [2.05, 4.69) is 0 Å². The largest absolute Gasteiger partial charge is 0.393 e. The van der Waals surface area contributed by atoms with E-state index in [1.807, 2.05) is 36.4 Å². The van der Waals surface area contributed by atoms with E-state index < -0.39 is 0 Å². The van der Waals surface area contributed by atoms with Gasteiger partial charge in [-0.2, -0.15) is 0 Å². The van der Waals surface area contributed by atoms with Crippen molar-refractivity contribution in [3.63, 3.8) is 0 Å². The van der Waals surface area contributed by atoms with Gasteiger partial charge in [-0.3, -0.25) is 4.79 Å². The summed E-state index contributed by atoms with van der Waals surface area (Å²) in [4.78, 5) is 14.1. The van der Waals surface area contributed by atoms with Gasteiger partial charge in [0.15, 0.2) is 0 Å². The van der Waals surface area contributed by atoms with Crippen LogP contribution >= 0.6 is 0 Å². The molecule has 2 aromatic carbocycles. The van der Waals surface area contributed by atoms with Crippen LogP contribution in [0.15, 0.2) is 36.4 Å². The fourth-order valence-corrected chi connectivity index (χ4v) is 2.52. The van der Waals surface area contributed by atoms with Gasteiger partial charge >= 0.3 is 0 Å². The third-order valence-corrected chi connectivity index (χ3v) is 3.42. The van der Waals surface area contributed by atoms with Crippen LogP contribution in [0.2, 0.25) is 0 Å². The molecular weight excluding hydrogens is 226 g/mol. The Balaban J connectivity index is 2.08. The van der Waals surface area contributed by atoms with E-state index in [0.29, 0.717) is 13.0 Å². The van der Waals surface area contributed by atoms with Gasteiger partial charge in [-0.15, -0.1) is 0 Å². The van der Waals surface area contributed by atoms with E-state index in [9.17, 15) is 9.90 Å². The van der Waals surface area contributed by atoms with Gasteiger partial charge in [0.2, 0.25) is 0 Å². The lowest BCUT2D eigenvalue weighted by Crippen LogP contribution is -2.29. The zero-order valence-corrected chi connectivity index (χ0v) is 10.3. The highest BCUT2D eigenvalue weighted by atomic mass is 16.3. The molecule has 0 bridgehead atoms. The first-order valence-corrected chi connectivity index (χ1v) is 6.20. The van der Waals surface area contributed by atoms with Crippen LogP contribution in [0.5, 0.6) is 0 Å². The predicted octanol–water partition coefficient (Wildman–Crippen LogP) is 2.57. The Labute approximate surface area is 106 Å². The van der Waals surface area contributed by atoms with Crippen LogP contribution in [-0.2, 0) is 0 Å². The maximum absolute atomic E-state index is 12.3. The molecule has 0 aliphatic carbocycles. The second kappa shape index (κ2) is 4.10. The zero-order valence-electron chi connectivity index (χ0n) is 10.3. The van der Waals surface area contributed by atoms with Crippen molar-refractivity contribution in [1.82, 2.24) is 0 Å². The highest BCUT2D eigenvalue weighted by Gasteiger charge is 2.29. The molecule has 18 heavy (non-hydrogen) atoms. The fraction of sp³-hybridized carbons (Fsp3) is 0.267. The third-order valence-electron chi connectivity index (χ3n) is 3.42. The summed E-state index contributed by atoms with van der Waals surface area (Å²) >= 11 is 0. The lowest BCUT2D eigenvalue weighted by atomic mass is 10.1. The Morgan fingerprint density at radius 1 is 1.22 bits per heavy atom. The SMILES string of the molecule is CC(O)CCN1C(=O)c2cccc3cccc1c23. The van der Waals surface area contributed by atoms with Crippen molar-refractivity contribution in [1.29, 1.82) is 0 Å². The predicted molar refractivity (Wildman–Crippen MR) is 71.9 cm³/mol. The monoisotopic (exact) mass is 241 g/mol. The van der Waals surface area contributed by atoms with Gasteiger partial charge in [-0.05, 0) is 30.9 Å². The summed E-state index contributed by atoms with van der Waals surface area (Å²) in [5.41, 5.74) is 1.74. The molecule has 1 aliphatic heterocycles. The number of carbonyl (C=O) groups excluding carboxylic acids is 1. The topological polar surface area (TPSA) is 40.5 Å². The number of aliphatic hydroxyl groups is 1. The van der Waals surface area contributed by atoms with Crippen LogP contribution in [0, 0.1) is 0 Å². The number of benzene rings is 2. The lowest BCUT2D eigenvalue weighted by molar-refractivity contribution is 0.0988. The van der Waals surface area contributed by atoms with Gasteiger partial charge in [-0.25, -0.2) is 0 Å². The Hall–Kier alpha value is -1.87. The number of amides is 1. The average Bonchev–Trinajstić information content (AvgIpc) is 2.63. The number of hydrogen-bond donors (Lipinski definition) is 1. The second-order valence-corrected chi connectivity index (χ2v) is 4.78. The maximum atomic E-state index is 12.3. The van der Waals surface area contributed by atoms with Crippen LogP contribution in [-0.4, -0.2) is 23.7 Å². The molecule has 1 heterocycles. The smallest absolute Gasteiger partial charge is 0.258 e. The van der Waals surface area contributed by atoms with E-state index in [1.54, 1.807) is 11.8 Å². The van der Waals surface area contributed by atoms with Crippen molar-refractivity contribution >= 4 is 22.4 Å². The highest BCUT2D eigenvalue weighted by Crippen LogP contribution is 2.37. The molecule has 92 valence electrons. The number of carbonyl (C=O) groups is 1. The van der Waals surface area contributed by atoms with Crippen LogP contribution in [0.1, 0.15) is 23.7 Å². The molecule has 3 nitrogen and oxygen atoms in total. The summed E-state index contributed by atoms with van der Waals surface area (Å²) in [7, 11) is 0. The molecule has 2 aromatic rings. The van der Waals surface area contributed by atoms with E-state index in [-0.39, 0.29) is 12.0 Å². The number of nitrogens with zero attached hydrogens (tertiary/aromatic N) is 1. The molecule has 3 heteroatoms. The van der Waals surface area contributed by atoms with Crippen molar-refractivity contribution in [3.05, 3.63) is 42.0 Å². The van der Waals surface area contributed by atoms with Gasteiger partial charge in [0.05, 0.1) is 11.8 Å². The summed E-state index contributed by atoms with van der Waals surface area (Å²) < 4.78 is 0. The summed E-state index contributed by atoms with van der Waals surface area (Å²) in [6.07, 6.45) is 0.205. The summed E-state index contributed by atoms with van der Waals surface area (Å²) in [6, 6.07) is 11.8. The minimum Gasteiger partial charge on any atom is -0.393 e. The number of rotatable bonds is 3. The van der Waals surface area contributed by atoms with Gasteiger partial charge < -0.3 is 10.0 Å². The molecule has 0 saturated heterocycles. The first-order chi connectivity index (χ1) is 8.68. The van der Waals surface area contributed by atoms with E-state index in [1.165, 1.54) is 0 Å². The van der Waals surface area contributed by atoms with Crippen molar-refractivity contribution in [2.24, 2.45) is 0 Å². The van der Waals surface area contributed by atoms with E-state index in [0.717, 1.165) is 22.0 Å². The molecule has 0 spiro atoms.